The Balaban J connectivity index is 2.05. The molecule has 3 N–H and O–H groups in total. The first-order chi connectivity index (χ1) is 9.54. The van der Waals surface area contributed by atoms with E-state index < -0.39 is 12.0 Å². The van der Waals surface area contributed by atoms with Crippen LogP contribution in [-0.2, 0) is 18.3 Å². The van der Waals surface area contributed by atoms with E-state index in [1.807, 2.05) is 0 Å². The Labute approximate surface area is 115 Å². The number of amides is 2. The Morgan fingerprint density at radius 1 is 1.25 bits per heavy atom. The number of aromatic nitrogens is 2. The number of carboxylic acids is 1. The van der Waals surface area contributed by atoms with Crippen molar-refractivity contribution in [1.82, 2.24) is 9.78 Å². The summed E-state index contributed by atoms with van der Waals surface area (Å²) in [5, 5.41) is 18.0. The number of carboxylic acid groups (broad SMARTS) is 1. The molecule has 0 bridgehead atoms. The smallest absolute Gasteiger partial charge is 0.324 e. The number of nitrogens with zero attached hydrogens (tertiary/aromatic N) is 2. The Morgan fingerprint density at radius 2 is 2.00 bits per heavy atom. The van der Waals surface area contributed by atoms with E-state index >= 15 is 0 Å². The van der Waals surface area contributed by atoms with Crippen LogP contribution in [0.4, 0.5) is 16.3 Å². The van der Waals surface area contributed by atoms with Gasteiger partial charge in [0.2, 0.25) is 0 Å². The molecule has 2 aromatic rings. The molecule has 0 saturated carbocycles. The minimum Gasteiger partial charge on any atom is -0.481 e. The van der Waals surface area contributed by atoms with E-state index in [0.29, 0.717) is 17.1 Å². The number of urea groups is 1. The molecule has 2 amide bonds. The fourth-order valence-electron chi connectivity index (χ4n) is 1.71. The van der Waals surface area contributed by atoms with Gasteiger partial charge in [0.15, 0.2) is 5.82 Å². The Bertz CT molecular complexity index is 636. The van der Waals surface area contributed by atoms with Gasteiger partial charge in [0.05, 0.1) is 6.42 Å². The second kappa shape index (κ2) is 5.87. The molecular weight excluding hydrogens is 260 g/mol. The number of nitrogens with one attached hydrogen (secondary N) is 2. The molecule has 7 heteroatoms. The number of rotatable bonds is 4. The fraction of sp³-hybridized carbons (Fsp3) is 0.154. The number of aliphatic carboxylic acids is 1. The van der Waals surface area contributed by atoms with Gasteiger partial charge in [-0.25, -0.2) is 4.79 Å². The van der Waals surface area contributed by atoms with Gasteiger partial charge < -0.3 is 10.4 Å². The van der Waals surface area contributed by atoms with Crippen molar-refractivity contribution in [3.8, 4) is 0 Å². The van der Waals surface area contributed by atoms with Crippen molar-refractivity contribution in [1.29, 1.82) is 0 Å². The van der Waals surface area contributed by atoms with Gasteiger partial charge in [0, 0.05) is 25.0 Å². The molecule has 2 rings (SSSR count). The highest BCUT2D eigenvalue weighted by Gasteiger charge is 2.10. The van der Waals surface area contributed by atoms with Crippen molar-refractivity contribution >= 4 is 23.5 Å². The molecule has 20 heavy (non-hydrogen) atoms. The van der Waals surface area contributed by atoms with Crippen LogP contribution in [0.1, 0.15) is 5.56 Å². The predicted molar refractivity (Wildman–Crippen MR) is 73.6 cm³/mol. The maximum absolute atomic E-state index is 11.8. The van der Waals surface area contributed by atoms with Crippen LogP contribution >= 0.6 is 0 Å². The van der Waals surface area contributed by atoms with Crippen LogP contribution < -0.4 is 10.6 Å². The van der Waals surface area contributed by atoms with Crippen molar-refractivity contribution in [3.63, 3.8) is 0 Å². The van der Waals surface area contributed by atoms with E-state index in [0.717, 1.165) is 0 Å². The fourth-order valence-corrected chi connectivity index (χ4v) is 1.71. The zero-order valence-electron chi connectivity index (χ0n) is 10.8. The molecule has 0 spiro atoms. The topological polar surface area (TPSA) is 96.2 Å². The van der Waals surface area contributed by atoms with Crippen LogP contribution in [0.5, 0.6) is 0 Å². The first-order valence-electron chi connectivity index (χ1n) is 5.92. The summed E-state index contributed by atoms with van der Waals surface area (Å²) in [5.41, 5.74) is 1.000. The third-order valence-corrected chi connectivity index (χ3v) is 2.56. The summed E-state index contributed by atoms with van der Waals surface area (Å²) >= 11 is 0. The number of benzene rings is 1. The summed E-state index contributed by atoms with van der Waals surface area (Å²) in [5.74, 6) is -0.537. The van der Waals surface area contributed by atoms with Crippen molar-refractivity contribution in [2.24, 2.45) is 7.05 Å². The standard InChI is InChI=1S/C13H14N4O3/c1-17-7-6-11(16-17)15-13(20)14-10-5-3-2-4-9(10)8-12(18)19/h2-7H,8H2,1H3,(H,18,19)(H2,14,15,16,20). The molecule has 1 aromatic heterocycles. The second-order valence-corrected chi connectivity index (χ2v) is 4.18. The average Bonchev–Trinajstić information content (AvgIpc) is 2.76. The highest BCUT2D eigenvalue weighted by atomic mass is 16.4. The molecule has 1 aromatic carbocycles. The minimum atomic E-state index is -0.954. The number of carbonyl (C=O) groups excluding carboxylic acids is 1. The number of hydrogen-bond acceptors (Lipinski definition) is 3. The van der Waals surface area contributed by atoms with Gasteiger partial charge in [0.25, 0.3) is 0 Å². The van der Waals surface area contributed by atoms with E-state index in [-0.39, 0.29) is 6.42 Å². The van der Waals surface area contributed by atoms with E-state index in [9.17, 15) is 9.59 Å². The van der Waals surface area contributed by atoms with E-state index in [4.69, 9.17) is 5.11 Å². The summed E-state index contributed by atoms with van der Waals surface area (Å²) < 4.78 is 1.56. The van der Waals surface area contributed by atoms with Crippen molar-refractivity contribution < 1.29 is 14.7 Å². The van der Waals surface area contributed by atoms with E-state index in [1.165, 1.54) is 0 Å². The number of carbonyl (C=O) groups is 2. The van der Waals surface area contributed by atoms with Crippen LogP contribution in [0.15, 0.2) is 36.5 Å². The molecule has 1 heterocycles. The molecule has 0 aliphatic carbocycles. The molecule has 0 saturated heterocycles. The zero-order chi connectivity index (χ0) is 14.5. The summed E-state index contributed by atoms with van der Waals surface area (Å²) in [6, 6.07) is 7.94. The highest BCUT2D eigenvalue weighted by molar-refractivity contribution is 5.99. The molecule has 104 valence electrons. The first kappa shape index (κ1) is 13.6. The van der Waals surface area contributed by atoms with Gasteiger partial charge in [-0.05, 0) is 11.6 Å². The third kappa shape index (κ3) is 3.58. The zero-order valence-corrected chi connectivity index (χ0v) is 10.8. The lowest BCUT2D eigenvalue weighted by Gasteiger charge is -2.09. The molecular formula is C13H14N4O3. The largest absolute Gasteiger partial charge is 0.481 e. The van der Waals surface area contributed by atoms with E-state index in [1.54, 1.807) is 48.3 Å². The maximum atomic E-state index is 11.8. The van der Waals surface area contributed by atoms with Gasteiger partial charge in [-0.3, -0.25) is 14.8 Å². The minimum absolute atomic E-state index is 0.153. The number of anilines is 2. The molecule has 7 nitrogen and oxygen atoms in total. The van der Waals surface area contributed by atoms with Gasteiger partial charge in [-0.1, -0.05) is 18.2 Å². The Hall–Kier alpha value is -2.83. The third-order valence-electron chi connectivity index (χ3n) is 2.56. The quantitative estimate of drug-likeness (QED) is 0.790. The lowest BCUT2D eigenvalue weighted by atomic mass is 10.1. The lowest BCUT2D eigenvalue weighted by Crippen LogP contribution is -2.21. The van der Waals surface area contributed by atoms with Crippen molar-refractivity contribution in [2.75, 3.05) is 10.6 Å². The Kier molecular flexibility index (Phi) is 3.99. The molecule has 0 radical (unpaired) electrons. The monoisotopic (exact) mass is 274 g/mol. The highest BCUT2D eigenvalue weighted by Crippen LogP contribution is 2.16. The molecule has 0 atom stereocenters. The summed E-state index contributed by atoms with van der Waals surface area (Å²) in [7, 11) is 1.74. The molecule has 0 aliphatic heterocycles. The molecule has 0 fully saturated rings. The lowest BCUT2D eigenvalue weighted by molar-refractivity contribution is -0.136. The number of para-hydroxylation sites is 1. The van der Waals surface area contributed by atoms with Crippen molar-refractivity contribution in [3.05, 3.63) is 42.1 Å². The van der Waals surface area contributed by atoms with Crippen LogP contribution in [0.2, 0.25) is 0 Å². The van der Waals surface area contributed by atoms with Gasteiger partial charge in [0.1, 0.15) is 0 Å². The summed E-state index contributed by atoms with van der Waals surface area (Å²) in [6.07, 6.45) is 1.55. The normalized spacial score (nSPS) is 10.1. The van der Waals surface area contributed by atoms with E-state index in [2.05, 4.69) is 15.7 Å². The Morgan fingerprint density at radius 3 is 2.65 bits per heavy atom. The van der Waals surface area contributed by atoms with Crippen LogP contribution in [0.25, 0.3) is 0 Å². The predicted octanol–water partition coefficient (Wildman–Crippen LogP) is 1.69. The van der Waals surface area contributed by atoms with Crippen molar-refractivity contribution in [2.45, 2.75) is 6.42 Å². The average molecular weight is 274 g/mol. The SMILES string of the molecule is Cn1ccc(NC(=O)Nc2ccccc2CC(=O)O)n1. The van der Waals surface area contributed by atoms with Gasteiger partial charge >= 0.3 is 12.0 Å². The molecule has 0 aliphatic rings. The first-order valence-corrected chi connectivity index (χ1v) is 5.92. The molecule has 0 unspecified atom stereocenters. The van der Waals surface area contributed by atoms with Crippen LogP contribution in [0.3, 0.4) is 0 Å². The van der Waals surface area contributed by atoms with Crippen LogP contribution in [-0.4, -0.2) is 26.9 Å². The number of aryl methyl sites for hydroxylation is 1. The maximum Gasteiger partial charge on any atom is 0.324 e. The summed E-state index contributed by atoms with van der Waals surface area (Å²) in [4.78, 5) is 22.6. The van der Waals surface area contributed by atoms with Gasteiger partial charge in [-0.15, -0.1) is 0 Å². The number of hydrogen-bond donors (Lipinski definition) is 3. The second-order valence-electron chi connectivity index (χ2n) is 4.18. The summed E-state index contributed by atoms with van der Waals surface area (Å²) in [6.45, 7) is 0. The van der Waals surface area contributed by atoms with Crippen LogP contribution in [0, 0.1) is 0 Å². The van der Waals surface area contributed by atoms with Gasteiger partial charge in [-0.2, -0.15) is 5.10 Å².